The molecule has 0 N–H and O–H groups in total. The highest BCUT2D eigenvalue weighted by molar-refractivity contribution is 7.16. The SMILES string of the molecule is C=CC(=O)N1Cc2sc(Cl)cc2[C@H](c2ccccc2-c2cnn(CC)c2CC)C1. The Bertz CT molecular complexity index is 1070. The van der Waals surface area contributed by atoms with E-state index in [0.717, 1.165) is 22.2 Å². The molecule has 3 heterocycles. The van der Waals surface area contributed by atoms with Gasteiger partial charge in [-0.2, -0.15) is 5.10 Å². The van der Waals surface area contributed by atoms with Gasteiger partial charge in [-0.1, -0.05) is 49.4 Å². The Morgan fingerprint density at radius 3 is 2.83 bits per heavy atom. The topological polar surface area (TPSA) is 38.1 Å². The second-order valence-corrected chi connectivity index (χ2v) is 8.93. The fourth-order valence-corrected chi connectivity index (χ4v) is 5.63. The monoisotopic (exact) mass is 425 g/mol. The van der Waals surface area contributed by atoms with Gasteiger partial charge in [0, 0.05) is 35.1 Å². The number of hydrogen-bond acceptors (Lipinski definition) is 3. The minimum absolute atomic E-state index is 0.0456. The Balaban J connectivity index is 1.86. The third-order valence-corrected chi connectivity index (χ3v) is 6.88. The first kappa shape index (κ1) is 19.9. The molecular weight excluding hydrogens is 402 g/mol. The van der Waals surface area contributed by atoms with Crippen LogP contribution in [0.5, 0.6) is 0 Å². The Morgan fingerprint density at radius 1 is 1.31 bits per heavy atom. The number of aromatic nitrogens is 2. The number of nitrogens with zero attached hydrogens (tertiary/aromatic N) is 3. The van der Waals surface area contributed by atoms with Crippen molar-refractivity contribution in [2.24, 2.45) is 0 Å². The van der Waals surface area contributed by atoms with E-state index < -0.39 is 0 Å². The first-order valence-electron chi connectivity index (χ1n) is 9.90. The molecule has 1 aromatic carbocycles. The molecule has 0 fully saturated rings. The summed E-state index contributed by atoms with van der Waals surface area (Å²) in [5.74, 6) is 0.0213. The number of aryl methyl sites for hydroxylation is 1. The van der Waals surface area contributed by atoms with Crippen LogP contribution in [0, 0.1) is 0 Å². The average Bonchev–Trinajstić information content (AvgIpc) is 3.34. The largest absolute Gasteiger partial charge is 0.333 e. The number of hydrogen-bond donors (Lipinski definition) is 0. The number of carbonyl (C=O) groups excluding carboxylic acids is 1. The van der Waals surface area contributed by atoms with Crippen molar-refractivity contribution in [2.75, 3.05) is 6.54 Å². The number of amides is 1. The lowest BCUT2D eigenvalue weighted by atomic mass is 9.84. The molecule has 0 aliphatic carbocycles. The lowest BCUT2D eigenvalue weighted by molar-refractivity contribution is -0.127. The van der Waals surface area contributed by atoms with Crippen LogP contribution in [0.15, 0.2) is 49.2 Å². The molecule has 29 heavy (non-hydrogen) atoms. The first-order chi connectivity index (χ1) is 14.1. The summed E-state index contributed by atoms with van der Waals surface area (Å²) in [5.41, 5.74) is 6.00. The van der Waals surface area contributed by atoms with E-state index in [1.54, 1.807) is 11.3 Å². The summed E-state index contributed by atoms with van der Waals surface area (Å²) in [5, 5.41) is 4.59. The summed E-state index contributed by atoms with van der Waals surface area (Å²) in [6, 6.07) is 10.5. The Morgan fingerprint density at radius 2 is 2.10 bits per heavy atom. The molecular formula is C23H24ClN3OS. The zero-order valence-corrected chi connectivity index (χ0v) is 18.3. The van der Waals surface area contributed by atoms with E-state index >= 15 is 0 Å². The highest BCUT2D eigenvalue weighted by Gasteiger charge is 2.32. The highest BCUT2D eigenvalue weighted by Crippen LogP contribution is 2.43. The minimum atomic E-state index is -0.0456. The molecule has 1 atom stereocenters. The van der Waals surface area contributed by atoms with Crippen LogP contribution in [0.4, 0.5) is 0 Å². The Labute approximate surface area is 180 Å². The highest BCUT2D eigenvalue weighted by atomic mass is 35.5. The molecule has 0 radical (unpaired) electrons. The van der Waals surface area contributed by atoms with Crippen LogP contribution in [0.2, 0.25) is 4.34 Å². The van der Waals surface area contributed by atoms with Gasteiger partial charge in [-0.3, -0.25) is 9.48 Å². The summed E-state index contributed by atoms with van der Waals surface area (Å²) in [7, 11) is 0. The van der Waals surface area contributed by atoms with Crippen molar-refractivity contribution >= 4 is 28.8 Å². The molecule has 150 valence electrons. The molecule has 0 saturated carbocycles. The lowest BCUT2D eigenvalue weighted by Crippen LogP contribution is -2.37. The van der Waals surface area contributed by atoms with E-state index in [0.29, 0.717) is 13.1 Å². The molecule has 0 saturated heterocycles. The average molecular weight is 426 g/mol. The number of fused-ring (bicyclic) bond motifs is 1. The van der Waals surface area contributed by atoms with E-state index in [4.69, 9.17) is 11.6 Å². The molecule has 1 aliphatic rings. The molecule has 0 bridgehead atoms. The summed E-state index contributed by atoms with van der Waals surface area (Å²) in [4.78, 5) is 15.4. The van der Waals surface area contributed by atoms with Gasteiger partial charge in [-0.25, -0.2) is 0 Å². The smallest absolute Gasteiger partial charge is 0.246 e. The van der Waals surface area contributed by atoms with Crippen molar-refractivity contribution < 1.29 is 4.79 Å². The van der Waals surface area contributed by atoms with Gasteiger partial charge < -0.3 is 4.90 Å². The van der Waals surface area contributed by atoms with Gasteiger partial charge in [0.25, 0.3) is 0 Å². The van der Waals surface area contributed by atoms with Gasteiger partial charge in [0.1, 0.15) is 0 Å². The van der Waals surface area contributed by atoms with Crippen LogP contribution >= 0.6 is 22.9 Å². The van der Waals surface area contributed by atoms with Crippen LogP contribution in [-0.2, 0) is 24.3 Å². The van der Waals surface area contributed by atoms with Gasteiger partial charge in [0.2, 0.25) is 5.91 Å². The number of benzene rings is 1. The fourth-order valence-electron chi connectivity index (χ4n) is 4.27. The molecule has 6 heteroatoms. The van der Waals surface area contributed by atoms with E-state index in [1.165, 1.54) is 34.0 Å². The normalized spacial score (nSPS) is 16.0. The molecule has 1 amide bonds. The predicted molar refractivity (Wildman–Crippen MR) is 120 cm³/mol. The van der Waals surface area contributed by atoms with Crippen molar-refractivity contribution in [1.29, 1.82) is 0 Å². The van der Waals surface area contributed by atoms with Gasteiger partial charge in [0.15, 0.2) is 0 Å². The van der Waals surface area contributed by atoms with Crippen molar-refractivity contribution in [3.05, 3.63) is 75.2 Å². The second-order valence-electron chi connectivity index (χ2n) is 7.17. The fraction of sp³-hybridized carbons (Fsp3) is 0.304. The zero-order chi connectivity index (χ0) is 20.5. The van der Waals surface area contributed by atoms with E-state index in [9.17, 15) is 4.79 Å². The predicted octanol–water partition coefficient (Wildman–Crippen LogP) is 5.51. The van der Waals surface area contributed by atoms with Crippen LogP contribution in [0.25, 0.3) is 11.1 Å². The lowest BCUT2D eigenvalue weighted by Gasteiger charge is -2.33. The van der Waals surface area contributed by atoms with Crippen molar-refractivity contribution in [3.63, 3.8) is 0 Å². The molecule has 4 nitrogen and oxygen atoms in total. The standard InChI is InChI=1S/C23H24ClN3OS/c1-4-20-18(12-25-27(20)6-3)15-9-7-8-10-16(15)19-13-26(23(28)5-2)14-21-17(19)11-22(24)29-21/h5,7-12,19H,2,4,6,13-14H2,1,3H3/t19-/m0/s1. The van der Waals surface area contributed by atoms with Gasteiger partial charge in [-0.05, 0) is 42.2 Å². The van der Waals surface area contributed by atoms with Crippen molar-refractivity contribution in [3.8, 4) is 11.1 Å². The Kier molecular flexibility index (Phi) is 5.61. The second kappa shape index (κ2) is 8.17. The maximum absolute atomic E-state index is 12.4. The van der Waals surface area contributed by atoms with Crippen LogP contribution in [-0.4, -0.2) is 27.1 Å². The number of halogens is 1. The quantitative estimate of drug-likeness (QED) is 0.505. The van der Waals surface area contributed by atoms with E-state index in [-0.39, 0.29) is 11.8 Å². The van der Waals surface area contributed by atoms with Crippen molar-refractivity contribution in [1.82, 2.24) is 14.7 Å². The minimum Gasteiger partial charge on any atom is -0.333 e. The van der Waals surface area contributed by atoms with Crippen LogP contribution < -0.4 is 0 Å². The maximum Gasteiger partial charge on any atom is 0.246 e. The zero-order valence-electron chi connectivity index (χ0n) is 16.7. The molecule has 4 rings (SSSR count). The molecule has 1 aliphatic heterocycles. The third kappa shape index (κ3) is 3.53. The van der Waals surface area contributed by atoms with Gasteiger partial charge in [-0.15, -0.1) is 11.3 Å². The Hall–Kier alpha value is -2.37. The summed E-state index contributed by atoms with van der Waals surface area (Å²) >= 11 is 7.93. The van der Waals surface area contributed by atoms with Crippen LogP contribution in [0.3, 0.4) is 0 Å². The molecule has 0 spiro atoms. The number of thiophene rings is 1. The number of carbonyl (C=O) groups is 1. The van der Waals surface area contributed by atoms with E-state index in [1.807, 2.05) is 11.1 Å². The summed E-state index contributed by atoms with van der Waals surface area (Å²) in [6.07, 6.45) is 4.28. The first-order valence-corrected chi connectivity index (χ1v) is 11.1. The van der Waals surface area contributed by atoms with Gasteiger partial charge in [0.05, 0.1) is 17.1 Å². The molecule has 2 aromatic heterocycles. The maximum atomic E-state index is 12.4. The third-order valence-electron chi connectivity index (χ3n) is 5.62. The van der Waals surface area contributed by atoms with Crippen molar-refractivity contribution in [2.45, 2.75) is 39.3 Å². The van der Waals surface area contributed by atoms with Crippen LogP contribution in [0.1, 0.15) is 41.5 Å². The number of rotatable bonds is 5. The summed E-state index contributed by atoms with van der Waals surface area (Å²) in [6.45, 7) is 10.00. The molecule has 3 aromatic rings. The van der Waals surface area contributed by atoms with E-state index in [2.05, 4.69) is 60.5 Å². The van der Waals surface area contributed by atoms with Gasteiger partial charge >= 0.3 is 0 Å². The molecule has 0 unspecified atom stereocenters. The summed E-state index contributed by atoms with van der Waals surface area (Å²) < 4.78 is 2.83.